The molecule has 0 aliphatic carbocycles. The zero-order valence-electron chi connectivity index (χ0n) is 12.0. The normalized spacial score (nSPS) is 13.8. The van der Waals surface area contributed by atoms with Crippen LogP contribution < -0.4 is 5.32 Å². The molecule has 0 aliphatic rings. The molecule has 2 rings (SSSR count). The molecule has 21 heavy (non-hydrogen) atoms. The molecule has 0 aliphatic heterocycles. The van der Waals surface area contributed by atoms with Gasteiger partial charge >= 0.3 is 5.97 Å². The summed E-state index contributed by atoms with van der Waals surface area (Å²) in [4.78, 5) is 11.8. The summed E-state index contributed by atoms with van der Waals surface area (Å²) in [7, 11) is 3.54. The van der Waals surface area contributed by atoms with Crippen LogP contribution in [0.1, 0.15) is 12.0 Å². The van der Waals surface area contributed by atoms with Gasteiger partial charge in [-0.05, 0) is 19.0 Å². The van der Waals surface area contributed by atoms with Crippen LogP contribution in [0.5, 0.6) is 0 Å². The Morgan fingerprint density at radius 1 is 1.43 bits per heavy atom. The van der Waals surface area contributed by atoms with Gasteiger partial charge < -0.3 is 15.0 Å². The van der Waals surface area contributed by atoms with E-state index < -0.39 is 11.5 Å². The fourth-order valence-corrected chi connectivity index (χ4v) is 3.12. The number of carboxylic acids is 1. The number of aliphatic carboxylic acids is 1. The molecule has 0 amide bonds. The maximum atomic E-state index is 11.8. The minimum atomic E-state index is -1.09. The average Bonchev–Trinajstić information content (AvgIpc) is 2.90. The van der Waals surface area contributed by atoms with Gasteiger partial charge in [0.15, 0.2) is 5.16 Å². The van der Waals surface area contributed by atoms with Crippen molar-refractivity contribution in [2.75, 3.05) is 12.8 Å². The Labute approximate surface area is 127 Å². The number of thioether (sulfide) groups is 1. The van der Waals surface area contributed by atoms with E-state index in [1.54, 1.807) is 13.4 Å². The summed E-state index contributed by atoms with van der Waals surface area (Å²) in [6, 6.07) is 9.23. The number of nitrogens with zero attached hydrogens (tertiary/aromatic N) is 3. The van der Waals surface area contributed by atoms with Crippen LogP contribution in [0.4, 0.5) is 0 Å². The van der Waals surface area contributed by atoms with Gasteiger partial charge in [-0.25, -0.2) is 4.79 Å². The van der Waals surface area contributed by atoms with E-state index in [1.807, 2.05) is 41.9 Å². The summed E-state index contributed by atoms with van der Waals surface area (Å²) in [5.41, 5.74) is -0.342. The topological polar surface area (TPSA) is 80.0 Å². The van der Waals surface area contributed by atoms with Gasteiger partial charge in [-0.3, -0.25) is 0 Å². The molecule has 2 N–H and O–H groups in total. The van der Waals surface area contributed by atoms with Crippen molar-refractivity contribution in [2.45, 2.75) is 17.1 Å². The van der Waals surface area contributed by atoms with E-state index >= 15 is 0 Å². The second kappa shape index (κ2) is 6.73. The Balaban J connectivity index is 2.14. The van der Waals surface area contributed by atoms with Crippen molar-refractivity contribution in [1.82, 2.24) is 20.1 Å². The number of carboxylic acid groups (broad SMARTS) is 1. The molecule has 0 fully saturated rings. The molecule has 1 aromatic carbocycles. The number of carbonyl (C=O) groups is 1. The van der Waals surface area contributed by atoms with E-state index in [0.29, 0.717) is 12.2 Å². The molecule has 1 aromatic heterocycles. The van der Waals surface area contributed by atoms with Crippen molar-refractivity contribution in [1.29, 1.82) is 0 Å². The van der Waals surface area contributed by atoms with Gasteiger partial charge in [0.1, 0.15) is 11.9 Å². The van der Waals surface area contributed by atoms with E-state index in [4.69, 9.17) is 0 Å². The lowest BCUT2D eigenvalue weighted by molar-refractivity contribution is -0.145. The first-order chi connectivity index (χ1) is 10.1. The van der Waals surface area contributed by atoms with Gasteiger partial charge in [0.25, 0.3) is 0 Å². The molecule has 7 heteroatoms. The third kappa shape index (κ3) is 3.25. The molecule has 6 nitrogen and oxygen atoms in total. The van der Waals surface area contributed by atoms with Crippen molar-refractivity contribution in [3.63, 3.8) is 0 Å². The largest absolute Gasteiger partial charge is 0.480 e. The second-order valence-corrected chi connectivity index (χ2v) is 5.71. The monoisotopic (exact) mass is 306 g/mol. The maximum absolute atomic E-state index is 11.8. The molecular formula is C14H18N4O2S. The van der Waals surface area contributed by atoms with Gasteiger partial charge in [0.05, 0.1) is 0 Å². The van der Waals surface area contributed by atoms with E-state index in [2.05, 4.69) is 15.5 Å². The number of hydrogen-bond acceptors (Lipinski definition) is 5. The first-order valence-corrected chi connectivity index (χ1v) is 7.53. The molecule has 0 saturated heterocycles. The van der Waals surface area contributed by atoms with E-state index in [0.717, 1.165) is 10.7 Å². The number of hydrogen-bond donors (Lipinski definition) is 2. The Bertz CT molecular complexity index is 602. The third-order valence-electron chi connectivity index (χ3n) is 3.44. The number of aromatic nitrogens is 3. The van der Waals surface area contributed by atoms with Crippen LogP contribution in [0.15, 0.2) is 41.8 Å². The minimum Gasteiger partial charge on any atom is -0.480 e. The number of benzene rings is 1. The fourth-order valence-electron chi connectivity index (χ4n) is 2.17. The summed E-state index contributed by atoms with van der Waals surface area (Å²) >= 11 is 1.49. The average molecular weight is 306 g/mol. The summed E-state index contributed by atoms with van der Waals surface area (Å²) < 4.78 is 1.81. The van der Waals surface area contributed by atoms with Crippen LogP contribution in [0.2, 0.25) is 0 Å². The lowest BCUT2D eigenvalue weighted by Gasteiger charge is -2.29. The highest BCUT2D eigenvalue weighted by Gasteiger charge is 2.38. The number of rotatable bonds is 7. The minimum absolute atomic E-state index is 0.445. The standard InChI is InChI=1S/C14H18N4O2S/c1-15-14(12(19)20,11-6-4-3-5-7-11)8-9-21-13-17-16-10-18(13)2/h3-7,10,15H,8-9H2,1-2H3,(H,19,20). The van der Waals surface area contributed by atoms with Crippen LogP contribution in [0.3, 0.4) is 0 Å². The maximum Gasteiger partial charge on any atom is 0.328 e. The number of aryl methyl sites for hydroxylation is 1. The second-order valence-electron chi connectivity index (χ2n) is 4.65. The Morgan fingerprint density at radius 3 is 2.67 bits per heavy atom. The molecule has 0 saturated carbocycles. The first kappa shape index (κ1) is 15.5. The molecule has 0 radical (unpaired) electrons. The summed E-state index contributed by atoms with van der Waals surface area (Å²) in [6.45, 7) is 0. The van der Waals surface area contributed by atoms with Gasteiger partial charge in [-0.15, -0.1) is 10.2 Å². The van der Waals surface area contributed by atoms with Gasteiger partial charge in [0, 0.05) is 12.8 Å². The molecule has 2 aromatic rings. The van der Waals surface area contributed by atoms with Crippen LogP contribution in [0, 0.1) is 0 Å². The van der Waals surface area contributed by atoms with Crippen molar-refractivity contribution in [3.8, 4) is 0 Å². The van der Waals surface area contributed by atoms with Crippen LogP contribution >= 0.6 is 11.8 Å². The molecule has 1 atom stereocenters. The van der Waals surface area contributed by atoms with Gasteiger partial charge in [-0.2, -0.15) is 0 Å². The van der Waals surface area contributed by atoms with Crippen LogP contribution in [-0.4, -0.2) is 38.6 Å². The fraction of sp³-hybridized carbons (Fsp3) is 0.357. The SMILES string of the molecule is CNC(CCSc1nncn1C)(C(=O)O)c1ccccc1. The highest BCUT2D eigenvalue weighted by Crippen LogP contribution is 2.28. The van der Waals surface area contributed by atoms with Crippen molar-refractivity contribution >= 4 is 17.7 Å². The summed E-state index contributed by atoms with van der Waals surface area (Å²) in [6.07, 6.45) is 2.07. The highest BCUT2D eigenvalue weighted by molar-refractivity contribution is 7.99. The number of nitrogens with one attached hydrogen (secondary N) is 1. The lowest BCUT2D eigenvalue weighted by Crippen LogP contribution is -2.47. The van der Waals surface area contributed by atoms with E-state index in [-0.39, 0.29) is 0 Å². The Kier molecular flexibility index (Phi) is 4.98. The molecular weight excluding hydrogens is 288 g/mol. The van der Waals surface area contributed by atoms with Gasteiger partial charge in [0.2, 0.25) is 0 Å². The van der Waals surface area contributed by atoms with Crippen LogP contribution in [0.25, 0.3) is 0 Å². The molecule has 1 unspecified atom stereocenters. The molecule has 0 bridgehead atoms. The Morgan fingerprint density at radius 2 is 2.14 bits per heavy atom. The predicted octanol–water partition coefficient (Wildman–Crippen LogP) is 1.50. The van der Waals surface area contributed by atoms with Crippen molar-refractivity contribution < 1.29 is 9.90 Å². The smallest absolute Gasteiger partial charge is 0.328 e. The quantitative estimate of drug-likeness (QED) is 0.755. The van der Waals surface area contributed by atoms with Crippen LogP contribution in [-0.2, 0) is 17.4 Å². The molecule has 112 valence electrons. The summed E-state index contributed by atoms with van der Waals surface area (Å²) in [5.74, 6) is -0.260. The molecule has 1 heterocycles. The zero-order valence-corrected chi connectivity index (χ0v) is 12.8. The highest BCUT2D eigenvalue weighted by atomic mass is 32.2. The van der Waals surface area contributed by atoms with E-state index in [1.165, 1.54) is 11.8 Å². The van der Waals surface area contributed by atoms with Gasteiger partial charge in [-0.1, -0.05) is 42.1 Å². The first-order valence-electron chi connectivity index (χ1n) is 6.55. The Hall–Kier alpha value is -1.86. The molecule has 0 spiro atoms. The predicted molar refractivity (Wildman–Crippen MR) is 81.2 cm³/mol. The van der Waals surface area contributed by atoms with Crippen molar-refractivity contribution in [2.24, 2.45) is 7.05 Å². The summed E-state index contributed by atoms with van der Waals surface area (Å²) in [5, 5.41) is 21.2. The number of likely N-dealkylation sites (N-methyl/N-ethyl adjacent to an activating group) is 1. The third-order valence-corrected chi connectivity index (χ3v) is 4.47. The zero-order chi connectivity index (χ0) is 15.3. The van der Waals surface area contributed by atoms with Crippen molar-refractivity contribution in [3.05, 3.63) is 42.2 Å². The lowest BCUT2D eigenvalue weighted by atomic mass is 9.87. The van der Waals surface area contributed by atoms with E-state index in [9.17, 15) is 9.90 Å².